The molecule has 76 valence electrons. The summed E-state index contributed by atoms with van der Waals surface area (Å²) >= 11 is 1.78. The molecule has 2 heterocycles. The maximum absolute atomic E-state index is 4.33. The van der Waals surface area contributed by atoms with Gasteiger partial charge in [0.25, 0.3) is 0 Å². The largest absolute Gasteiger partial charge is 0.261 e. The van der Waals surface area contributed by atoms with Gasteiger partial charge in [0.1, 0.15) is 0 Å². The van der Waals surface area contributed by atoms with E-state index in [1.807, 2.05) is 24.4 Å². The fourth-order valence-corrected chi connectivity index (χ4v) is 2.37. The Morgan fingerprint density at radius 1 is 1.33 bits per heavy atom. The van der Waals surface area contributed by atoms with Crippen molar-refractivity contribution in [3.05, 3.63) is 65.1 Å². The molecular weight excluding hydrogens is 202 g/mol. The predicted molar refractivity (Wildman–Crippen MR) is 65.2 cm³/mol. The second-order valence-corrected chi connectivity index (χ2v) is 4.36. The van der Waals surface area contributed by atoms with E-state index >= 15 is 0 Å². The van der Waals surface area contributed by atoms with Crippen molar-refractivity contribution < 1.29 is 0 Å². The van der Waals surface area contributed by atoms with Crippen LogP contribution < -0.4 is 0 Å². The molecule has 1 atom stereocenters. The van der Waals surface area contributed by atoms with Crippen molar-refractivity contribution in [2.45, 2.75) is 12.3 Å². The average molecular weight is 215 g/mol. The molecule has 0 unspecified atom stereocenters. The fourth-order valence-electron chi connectivity index (χ4n) is 1.55. The first-order valence-corrected chi connectivity index (χ1v) is 5.84. The van der Waals surface area contributed by atoms with Gasteiger partial charge in [0.05, 0.1) is 0 Å². The monoisotopic (exact) mass is 215 g/mol. The van der Waals surface area contributed by atoms with Crippen LogP contribution in [0.2, 0.25) is 0 Å². The summed E-state index contributed by atoms with van der Waals surface area (Å²) in [6.07, 6.45) is 4.77. The van der Waals surface area contributed by atoms with E-state index in [1.165, 1.54) is 4.88 Å². The minimum Gasteiger partial charge on any atom is -0.261 e. The van der Waals surface area contributed by atoms with E-state index < -0.39 is 0 Å². The Labute approximate surface area is 94.1 Å². The van der Waals surface area contributed by atoms with Crippen LogP contribution in [0.4, 0.5) is 0 Å². The summed E-state index contributed by atoms with van der Waals surface area (Å²) in [5.74, 6) is 0.389. The molecular formula is C13H13NS. The van der Waals surface area contributed by atoms with Gasteiger partial charge >= 0.3 is 0 Å². The molecule has 0 saturated carbocycles. The van der Waals surface area contributed by atoms with Crippen LogP contribution in [0.1, 0.15) is 16.5 Å². The number of hydrogen-bond donors (Lipinski definition) is 0. The zero-order valence-electron chi connectivity index (χ0n) is 8.47. The summed E-state index contributed by atoms with van der Waals surface area (Å²) in [6, 6.07) is 10.3. The van der Waals surface area contributed by atoms with Crippen LogP contribution >= 0.6 is 11.3 Å². The summed E-state index contributed by atoms with van der Waals surface area (Å²) in [5.41, 5.74) is 1.12. The molecule has 0 aromatic carbocycles. The van der Waals surface area contributed by atoms with E-state index in [9.17, 15) is 0 Å². The van der Waals surface area contributed by atoms with E-state index in [0.717, 1.165) is 12.1 Å². The lowest BCUT2D eigenvalue weighted by atomic mass is 10.0. The maximum atomic E-state index is 4.33. The molecule has 15 heavy (non-hydrogen) atoms. The van der Waals surface area contributed by atoms with Crippen molar-refractivity contribution in [3.63, 3.8) is 0 Å². The van der Waals surface area contributed by atoms with Crippen molar-refractivity contribution >= 4 is 11.3 Å². The SMILES string of the molecule is C=C[C@H](Cc1ccccn1)c1cccs1. The number of pyridine rings is 1. The molecule has 2 rings (SSSR count). The number of hydrogen-bond acceptors (Lipinski definition) is 2. The average Bonchev–Trinajstić information content (AvgIpc) is 2.81. The normalized spacial score (nSPS) is 12.3. The van der Waals surface area contributed by atoms with Crippen LogP contribution in [-0.4, -0.2) is 4.98 Å². The topological polar surface area (TPSA) is 12.9 Å². The lowest BCUT2D eigenvalue weighted by Crippen LogP contribution is -1.99. The zero-order chi connectivity index (χ0) is 10.5. The molecule has 2 heteroatoms. The smallest absolute Gasteiger partial charge is 0.0413 e. The molecule has 0 saturated heterocycles. The Morgan fingerprint density at radius 2 is 2.27 bits per heavy atom. The van der Waals surface area contributed by atoms with Crippen molar-refractivity contribution in [2.24, 2.45) is 0 Å². The molecule has 0 spiro atoms. The van der Waals surface area contributed by atoms with E-state index in [0.29, 0.717) is 5.92 Å². The molecule has 2 aromatic heterocycles. The number of rotatable bonds is 4. The highest BCUT2D eigenvalue weighted by atomic mass is 32.1. The fraction of sp³-hybridized carbons (Fsp3) is 0.154. The van der Waals surface area contributed by atoms with Gasteiger partial charge in [-0.2, -0.15) is 0 Å². The number of nitrogens with zero attached hydrogens (tertiary/aromatic N) is 1. The summed E-state index contributed by atoms with van der Waals surface area (Å²) in [6.45, 7) is 3.89. The summed E-state index contributed by atoms with van der Waals surface area (Å²) in [4.78, 5) is 5.69. The van der Waals surface area contributed by atoms with Crippen LogP contribution in [0, 0.1) is 0 Å². The third-order valence-corrected chi connectivity index (χ3v) is 3.35. The highest BCUT2D eigenvalue weighted by Crippen LogP contribution is 2.25. The van der Waals surface area contributed by atoms with Crippen molar-refractivity contribution in [1.82, 2.24) is 4.98 Å². The number of thiophene rings is 1. The quantitative estimate of drug-likeness (QED) is 0.709. The Hall–Kier alpha value is -1.41. The van der Waals surface area contributed by atoms with Gasteiger partial charge in [0.2, 0.25) is 0 Å². The highest BCUT2D eigenvalue weighted by Gasteiger charge is 2.09. The minimum absolute atomic E-state index is 0.389. The number of aromatic nitrogens is 1. The molecule has 0 N–H and O–H groups in total. The summed E-state index contributed by atoms with van der Waals surface area (Å²) in [7, 11) is 0. The highest BCUT2D eigenvalue weighted by molar-refractivity contribution is 7.10. The standard InChI is InChI=1S/C13H13NS/c1-2-11(13-7-5-9-15-13)10-12-6-3-4-8-14-12/h2-9,11H,1,10H2/t11-/m1/s1. The minimum atomic E-state index is 0.389. The van der Waals surface area contributed by atoms with Gasteiger partial charge in [-0.1, -0.05) is 18.2 Å². The second-order valence-electron chi connectivity index (χ2n) is 3.38. The molecule has 0 amide bonds. The molecule has 0 aliphatic carbocycles. The Morgan fingerprint density at radius 3 is 2.87 bits per heavy atom. The summed E-state index contributed by atoms with van der Waals surface area (Å²) in [5, 5.41) is 2.10. The molecule has 0 aliphatic heterocycles. The van der Waals surface area contributed by atoms with Crippen LogP contribution in [0.5, 0.6) is 0 Å². The van der Waals surface area contributed by atoms with Crippen molar-refractivity contribution in [1.29, 1.82) is 0 Å². The first-order chi connectivity index (χ1) is 7.40. The second kappa shape index (κ2) is 4.89. The van der Waals surface area contributed by atoms with Gasteiger partial charge in [-0.05, 0) is 23.6 Å². The molecule has 0 fully saturated rings. The van der Waals surface area contributed by atoms with Crippen molar-refractivity contribution in [2.75, 3.05) is 0 Å². The zero-order valence-corrected chi connectivity index (χ0v) is 9.28. The van der Waals surface area contributed by atoms with E-state index in [4.69, 9.17) is 0 Å². The molecule has 0 radical (unpaired) electrons. The first-order valence-electron chi connectivity index (χ1n) is 4.96. The molecule has 0 aliphatic rings. The van der Waals surface area contributed by atoms with Gasteiger partial charge in [-0.25, -0.2) is 0 Å². The van der Waals surface area contributed by atoms with Crippen LogP contribution in [-0.2, 0) is 6.42 Å². The Balaban J connectivity index is 2.13. The Bertz CT molecular complexity index is 405. The number of allylic oxidation sites excluding steroid dienone is 1. The van der Waals surface area contributed by atoms with Gasteiger partial charge < -0.3 is 0 Å². The van der Waals surface area contributed by atoms with E-state index in [2.05, 4.69) is 35.1 Å². The van der Waals surface area contributed by atoms with Gasteiger partial charge in [-0.3, -0.25) is 4.98 Å². The van der Waals surface area contributed by atoms with Crippen LogP contribution in [0.3, 0.4) is 0 Å². The lowest BCUT2D eigenvalue weighted by molar-refractivity contribution is 0.826. The lowest BCUT2D eigenvalue weighted by Gasteiger charge is -2.09. The molecule has 2 aromatic rings. The van der Waals surface area contributed by atoms with E-state index in [-0.39, 0.29) is 0 Å². The third kappa shape index (κ3) is 2.54. The van der Waals surface area contributed by atoms with Crippen LogP contribution in [0.15, 0.2) is 54.6 Å². The van der Waals surface area contributed by atoms with Gasteiger partial charge in [-0.15, -0.1) is 17.9 Å². The van der Waals surface area contributed by atoms with Gasteiger partial charge in [0.15, 0.2) is 0 Å². The summed E-state index contributed by atoms with van der Waals surface area (Å²) < 4.78 is 0. The van der Waals surface area contributed by atoms with Crippen LogP contribution in [0.25, 0.3) is 0 Å². The maximum Gasteiger partial charge on any atom is 0.0413 e. The molecule has 1 nitrogen and oxygen atoms in total. The van der Waals surface area contributed by atoms with Crippen molar-refractivity contribution in [3.8, 4) is 0 Å². The molecule has 0 bridgehead atoms. The van der Waals surface area contributed by atoms with Gasteiger partial charge in [0, 0.05) is 29.1 Å². The third-order valence-electron chi connectivity index (χ3n) is 2.35. The predicted octanol–water partition coefficient (Wildman–Crippen LogP) is 3.66. The Kier molecular flexibility index (Phi) is 3.30. The van der Waals surface area contributed by atoms with E-state index in [1.54, 1.807) is 11.3 Å². The first kappa shape index (κ1) is 10.1.